The van der Waals surface area contributed by atoms with Crippen LogP contribution < -0.4 is 0 Å². The molecule has 1 heterocycles. The molecule has 0 aromatic rings. The Morgan fingerprint density at radius 1 is 1.50 bits per heavy atom. The van der Waals surface area contributed by atoms with E-state index in [9.17, 15) is 9.59 Å². The maximum Gasteiger partial charge on any atom is 0.143 e. The molecule has 1 saturated heterocycles. The van der Waals surface area contributed by atoms with Crippen molar-refractivity contribution in [3.05, 3.63) is 0 Å². The summed E-state index contributed by atoms with van der Waals surface area (Å²) in [6.45, 7) is 4.45. The minimum Gasteiger partial charge on any atom is -0.303 e. The quantitative estimate of drug-likeness (QED) is 0.539. The van der Waals surface area contributed by atoms with Gasteiger partial charge in [-0.3, -0.25) is 4.79 Å². The first-order chi connectivity index (χ1) is 7.76. The Balaban J connectivity index is 2.07. The SMILES string of the molecule is CCCN1CCC[C@@H]2CC(=O)C(C=O)C[C@H]21. The van der Waals surface area contributed by atoms with E-state index in [0.717, 1.165) is 32.2 Å². The van der Waals surface area contributed by atoms with E-state index < -0.39 is 0 Å². The smallest absolute Gasteiger partial charge is 0.143 e. The molecule has 0 amide bonds. The van der Waals surface area contributed by atoms with Gasteiger partial charge in [0, 0.05) is 12.5 Å². The molecule has 3 nitrogen and oxygen atoms in total. The van der Waals surface area contributed by atoms with Crippen molar-refractivity contribution < 1.29 is 9.59 Å². The normalized spacial score (nSPS) is 35.8. The number of likely N-dealkylation sites (tertiary alicyclic amines) is 1. The molecule has 0 radical (unpaired) electrons. The lowest BCUT2D eigenvalue weighted by molar-refractivity contribution is -0.133. The number of ketones is 1. The molecule has 0 spiro atoms. The molecule has 1 saturated carbocycles. The van der Waals surface area contributed by atoms with E-state index in [1.165, 1.54) is 12.8 Å². The van der Waals surface area contributed by atoms with Gasteiger partial charge in [0.15, 0.2) is 0 Å². The molecule has 90 valence electrons. The third-order valence-corrected chi connectivity index (χ3v) is 4.08. The first-order valence-corrected chi connectivity index (χ1v) is 6.48. The number of hydrogen-bond acceptors (Lipinski definition) is 3. The van der Waals surface area contributed by atoms with Gasteiger partial charge in [-0.05, 0) is 44.7 Å². The summed E-state index contributed by atoms with van der Waals surface area (Å²) in [5.41, 5.74) is 0. The van der Waals surface area contributed by atoms with E-state index in [2.05, 4.69) is 11.8 Å². The van der Waals surface area contributed by atoms with Crippen molar-refractivity contribution in [1.82, 2.24) is 4.90 Å². The molecular weight excluding hydrogens is 202 g/mol. The lowest BCUT2D eigenvalue weighted by atomic mass is 9.73. The molecule has 0 aromatic heterocycles. The molecule has 1 aliphatic heterocycles. The van der Waals surface area contributed by atoms with Gasteiger partial charge in [-0.2, -0.15) is 0 Å². The average Bonchev–Trinajstić information content (AvgIpc) is 2.29. The lowest BCUT2D eigenvalue weighted by Crippen LogP contribution is -2.51. The number of rotatable bonds is 3. The fourth-order valence-corrected chi connectivity index (χ4v) is 3.29. The van der Waals surface area contributed by atoms with E-state index in [1.54, 1.807) is 0 Å². The molecule has 3 heteroatoms. The minimum atomic E-state index is -0.321. The first-order valence-electron chi connectivity index (χ1n) is 6.48. The van der Waals surface area contributed by atoms with Crippen molar-refractivity contribution in [2.45, 2.75) is 45.1 Å². The van der Waals surface area contributed by atoms with Crippen LogP contribution in [0.4, 0.5) is 0 Å². The summed E-state index contributed by atoms with van der Waals surface area (Å²) in [5, 5.41) is 0. The predicted octanol–water partition coefficient (Wildman–Crippen LogP) is 1.66. The van der Waals surface area contributed by atoms with Crippen molar-refractivity contribution in [2.75, 3.05) is 13.1 Å². The zero-order valence-electron chi connectivity index (χ0n) is 10.0. The van der Waals surface area contributed by atoms with Gasteiger partial charge in [-0.25, -0.2) is 0 Å². The van der Waals surface area contributed by atoms with Gasteiger partial charge < -0.3 is 9.69 Å². The number of piperidine rings is 1. The van der Waals surface area contributed by atoms with Crippen LogP contribution in [0.5, 0.6) is 0 Å². The summed E-state index contributed by atoms with van der Waals surface area (Å²) in [4.78, 5) is 25.1. The zero-order chi connectivity index (χ0) is 11.5. The summed E-state index contributed by atoms with van der Waals surface area (Å²) in [5.74, 6) is 0.373. The van der Waals surface area contributed by atoms with Crippen LogP contribution in [0.1, 0.15) is 39.0 Å². The standard InChI is InChI=1S/C13H21NO2/c1-2-5-14-6-3-4-10-8-13(16)11(9-15)7-12(10)14/h9-12H,2-8H2,1H3/t10-,11?,12-/m1/s1. The Morgan fingerprint density at radius 3 is 3.00 bits per heavy atom. The van der Waals surface area contributed by atoms with Crippen LogP contribution in [0.3, 0.4) is 0 Å². The molecule has 16 heavy (non-hydrogen) atoms. The molecule has 0 N–H and O–H groups in total. The number of carbonyl (C=O) groups excluding carboxylic acids is 2. The van der Waals surface area contributed by atoms with Gasteiger partial charge in [-0.1, -0.05) is 6.92 Å². The Hall–Kier alpha value is -0.700. The van der Waals surface area contributed by atoms with Gasteiger partial charge in [0.05, 0.1) is 5.92 Å². The van der Waals surface area contributed by atoms with Gasteiger partial charge in [0.2, 0.25) is 0 Å². The number of carbonyl (C=O) groups is 2. The predicted molar refractivity (Wildman–Crippen MR) is 62.2 cm³/mol. The Labute approximate surface area is 97.2 Å². The second kappa shape index (κ2) is 5.09. The summed E-state index contributed by atoms with van der Waals surface area (Å²) < 4.78 is 0. The van der Waals surface area contributed by atoms with Crippen LogP contribution in [0.15, 0.2) is 0 Å². The molecule has 2 aliphatic rings. The van der Waals surface area contributed by atoms with Crippen molar-refractivity contribution in [3.8, 4) is 0 Å². The maximum atomic E-state index is 11.7. The average molecular weight is 223 g/mol. The number of Topliss-reactive ketones (excluding diaryl/α,β-unsaturated/α-hetero) is 1. The third kappa shape index (κ3) is 2.19. The molecule has 0 aromatic carbocycles. The van der Waals surface area contributed by atoms with Gasteiger partial charge >= 0.3 is 0 Å². The van der Waals surface area contributed by atoms with E-state index in [4.69, 9.17) is 0 Å². The van der Waals surface area contributed by atoms with Crippen molar-refractivity contribution in [2.24, 2.45) is 11.8 Å². The van der Waals surface area contributed by atoms with Crippen LogP contribution in [-0.2, 0) is 9.59 Å². The lowest BCUT2D eigenvalue weighted by Gasteiger charge is -2.44. The van der Waals surface area contributed by atoms with Crippen LogP contribution in [-0.4, -0.2) is 36.1 Å². The topological polar surface area (TPSA) is 37.4 Å². The van der Waals surface area contributed by atoms with E-state index in [0.29, 0.717) is 18.4 Å². The zero-order valence-corrected chi connectivity index (χ0v) is 10.0. The molecule has 2 fully saturated rings. The van der Waals surface area contributed by atoms with Gasteiger partial charge in [0.25, 0.3) is 0 Å². The van der Waals surface area contributed by atoms with Crippen LogP contribution in [0.2, 0.25) is 0 Å². The summed E-state index contributed by atoms with van der Waals surface area (Å²) in [7, 11) is 0. The number of fused-ring (bicyclic) bond motifs is 1. The molecule has 0 bridgehead atoms. The highest BCUT2D eigenvalue weighted by molar-refractivity contribution is 5.94. The van der Waals surface area contributed by atoms with Crippen LogP contribution >= 0.6 is 0 Å². The maximum absolute atomic E-state index is 11.7. The molecule has 1 aliphatic carbocycles. The van der Waals surface area contributed by atoms with E-state index in [1.807, 2.05) is 0 Å². The van der Waals surface area contributed by atoms with Gasteiger partial charge in [0.1, 0.15) is 12.1 Å². The van der Waals surface area contributed by atoms with Crippen LogP contribution in [0, 0.1) is 11.8 Å². The number of nitrogens with zero attached hydrogens (tertiary/aromatic N) is 1. The van der Waals surface area contributed by atoms with E-state index >= 15 is 0 Å². The number of aldehydes is 1. The minimum absolute atomic E-state index is 0.176. The Morgan fingerprint density at radius 2 is 2.31 bits per heavy atom. The number of hydrogen-bond donors (Lipinski definition) is 0. The third-order valence-electron chi connectivity index (χ3n) is 4.08. The Bertz CT molecular complexity index is 275. The summed E-state index contributed by atoms with van der Waals surface area (Å²) in [6, 6.07) is 0.488. The van der Waals surface area contributed by atoms with Gasteiger partial charge in [-0.15, -0.1) is 0 Å². The second-order valence-corrected chi connectivity index (χ2v) is 5.15. The highest BCUT2D eigenvalue weighted by atomic mass is 16.1. The molecular formula is C13H21NO2. The first kappa shape index (κ1) is 11.8. The highest BCUT2D eigenvalue weighted by Crippen LogP contribution is 2.35. The largest absolute Gasteiger partial charge is 0.303 e. The fourth-order valence-electron chi connectivity index (χ4n) is 3.29. The van der Waals surface area contributed by atoms with Crippen molar-refractivity contribution >= 4 is 12.1 Å². The fraction of sp³-hybridized carbons (Fsp3) is 0.846. The monoisotopic (exact) mass is 223 g/mol. The molecule has 1 unspecified atom stereocenters. The van der Waals surface area contributed by atoms with Crippen LogP contribution in [0.25, 0.3) is 0 Å². The molecule has 3 atom stereocenters. The van der Waals surface area contributed by atoms with E-state index in [-0.39, 0.29) is 11.7 Å². The summed E-state index contributed by atoms with van der Waals surface area (Å²) >= 11 is 0. The molecule has 2 rings (SSSR count). The van der Waals surface area contributed by atoms with Crippen molar-refractivity contribution in [3.63, 3.8) is 0 Å². The highest BCUT2D eigenvalue weighted by Gasteiger charge is 2.40. The van der Waals surface area contributed by atoms with Crippen molar-refractivity contribution in [1.29, 1.82) is 0 Å². The second-order valence-electron chi connectivity index (χ2n) is 5.15. The summed E-state index contributed by atoms with van der Waals surface area (Å²) in [6.07, 6.45) is 5.80. The Kier molecular flexibility index (Phi) is 3.74.